The van der Waals surface area contributed by atoms with Crippen LogP contribution in [-0.4, -0.2) is 48.3 Å². The molecule has 3 rings (SSSR count). The number of carbonyl (C=O) groups excluding carboxylic acids is 3. The summed E-state index contributed by atoms with van der Waals surface area (Å²) in [7, 11) is 1.53. The van der Waals surface area contributed by atoms with Crippen LogP contribution in [0.15, 0.2) is 48.5 Å². The maximum Gasteiger partial charge on any atom is 0.254 e. The molecule has 9 nitrogen and oxygen atoms in total. The van der Waals surface area contributed by atoms with Crippen LogP contribution in [0.4, 0.5) is 10.1 Å². The molecule has 0 radical (unpaired) electrons. The normalized spacial score (nSPS) is 20.5. The number of amides is 3. The fourth-order valence-corrected chi connectivity index (χ4v) is 3.70. The molecule has 2 aromatic rings. The zero-order valence-electron chi connectivity index (χ0n) is 16.6. The fourth-order valence-electron chi connectivity index (χ4n) is 2.86. The molecular formula is C20H22FN5O4S. The van der Waals surface area contributed by atoms with E-state index in [0.29, 0.717) is 11.4 Å². The van der Waals surface area contributed by atoms with Crippen molar-refractivity contribution >= 4 is 35.2 Å². The van der Waals surface area contributed by atoms with Crippen molar-refractivity contribution in [3.05, 3.63) is 59.9 Å². The number of hydrogen-bond donors (Lipinski definition) is 5. The highest BCUT2D eigenvalue weighted by Gasteiger charge is 2.35. The van der Waals surface area contributed by atoms with Gasteiger partial charge in [0.1, 0.15) is 23.1 Å². The Labute approximate surface area is 182 Å². The molecule has 0 aliphatic carbocycles. The largest absolute Gasteiger partial charge is 0.497 e. The molecule has 2 aromatic carbocycles. The predicted molar refractivity (Wildman–Crippen MR) is 115 cm³/mol. The number of nitrogens with two attached hydrogens (primary N) is 1. The smallest absolute Gasteiger partial charge is 0.254 e. The Bertz CT molecular complexity index is 976. The number of thioether (sulfide) groups is 1. The van der Waals surface area contributed by atoms with Gasteiger partial charge in [0.15, 0.2) is 0 Å². The molecule has 0 spiro atoms. The Morgan fingerprint density at radius 1 is 1.23 bits per heavy atom. The molecule has 1 saturated heterocycles. The minimum Gasteiger partial charge on any atom is -0.497 e. The Morgan fingerprint density at radius 2 is 2.00 bits per heavy atom. The summed E-state index contributed by atoms with van der Waals surface area (Å²) < 4.78 is 18.9. The second-order valence-electron chi connectivity index (χ2n) is 6.60. The third-order valence-electron chi connectivity index (χ3n) is 4.40. The summed E-state index contributed by atoms with van der Waals surface area (Å²) in [4.78, 5) is 36.8. The molecule has 31 heavy (non-hydrogen) atoms. The molecule has 0 aromatic heterocycles. The van der Waals surface area contributed by atoms with Gasteiger partial charge in [-0.3, -0.25) is 19.7 Å². The average Bonchev–Trinajstić information content (AvgIpc) is 2.75. The number of benzene rings is 2. The maximum atomic E-state index is 13.8. The summed E-state index contributed by atoms with van der Waals surface area (Å²) in [5.74, 6) is -1.62. The summed E-state index contributed by atoms with van der Waals surface area (Å²) in [5.41, 5.74) is 5.73. The Kier molecular flexibility index (Phi) is 7.45. The van der Waals surface area contributed by atoms with Gasteiger partial charge in [0, 0.05) is 11.8 Å². The predicted octanol–water partition coefficient (Wildman–Crippen LogP) is 0.592. The lowest BCUT2D eigenvalue weighted by molar-refractivity contribution is -0.125. The van der Waals surface area contributed by atoms with Crippen LogP contribution >= 0.6 is 11.8 Å². The molecular weight excluding hydrogens is 425 g/mol. The van der Waals surface area contributed by atoms with Gasteiger partial charge in [-0.2, -0.15) is 0 Å². The molecule has 11 heteroatoms. The van der Waals surface area contributed by atoms with Gasteiger partial charge in [-0.05, 0) is 24.3 Å². The maximum absolute atomic E-state index is 13.8. The van der Waals surface area contributed by atoms with Crippen molar-refractivity contribution in [2.75, 3.05) is 18.2 Å². The van der Waals surface area contributed by atoms with Gasteiger partial charge in [-0.25, -0.2) is 4.39 Å². The second kappa shape index (κ2) is 10.2. The van der Waals surface area contributed by atoms with Crippen molar-refractivity contribution in [3.63, 3.8) is 0 Å². The summed E-state index contributed by atoms with van der Waals surface area (Å²) in [6.45, 7) is 0. The standard InChI is InChI=1S/C20H22FN5O4S/c1-30-12-6-4-5-11(9-12)23-15(27)10-31-20-25-17(22)16(19(29)26-20)24-18(28)13-7-2-3-8-14(13)21/h2-9,16-17,20,25H,10,22H2,1H3,(H,23,27)(H,24,28)(H,26,29). The first kappa shape index (κ1) is 22.5. The molecule has 3 amide bonds. The first-order chi connectivity index (χ1) is 14.9. The zero-order valence-corrected chi connectivity index (χ0v) is 17.4. The first-order valence-corrected chi connectivity index (χ1v) is 10.3. The van der Waals surface area contributed by atoms with E-state index >= 15 is 0 Å². The quantitative estimate of drug-likeness (QED) is 0.419. The van der Waals surface area contributed by atoms with E-state index in [1.54, 1.807) is 24.3 Å². The lowest BCUT2D eigenvalue weighted by atomic mass is 10.1. The topological polar surface area (TPSA) is 135 Å². The molecule has 0 bridgehead atoms. The molecule has 6 N–H and O–H groups in total. The van der Waals surface area contributed by atoms with Crippen LogP contribution in [0.25, 0.3) is 0 Å². The summed E-state index contributed by atoms with van der Waals surface area (Å²) in [5, 5.41) is 10.7. The number of rotatable bonds is 7. The van der Waals surface area contributed by atoms with E-state index in [9.17, 15) is 18.8 Å². The van der Waals surface area contributed by atoms with Crippen LogP contribution < -0.4 is 31.7 Å². The van der Waals surface area contributed by atoms with Crippen molar-refractivity contribution < 1.29 is 23.5 Å². The highest BCUT2D eigenvalue weighted by Crippen LogP contribution is 2.18. The van der Waals surface area contributed by atoms with E-state index in [1.165, 1.54) is 25.3 Å². The number of hydrogen-bond acceptors (Lipinski definition) is 7. The molecule has 1 fully saturated rings. The number of anilines is 1. The van der Waals surface area contributed by atoms with E-state index in [2.05, 4.69) is 21.3 Å². The van der Waals surface area contributed by atoms with Gasteiger partial charge in [-0.1, -0.05) is 18.2 Å². The van der Waals surface area contributed by atoms with E-state index in [-0.39, 0.29) is 17.2 Å². The Balaban J connectivity index is 1.50. The van der Waals surface area contributed by atoms with Crippen molar-refractivity contribution in [3.8, 4) is 5.75 Å². The minimum atomic E-state index is -1.10. The van der Waals surface area contributed by atoms with E-state index in [0.717, 1.165) is 17.8 Å². The average molecular weight is 447 g/mol. The summed E-state index contributed by atoms with van der Waals surface area (Å²) in [6, 6.07) is 11.2. The Morgan fingerprint density at radius 3 is 2.71 bits per heavy atom. The van der Waals surface area contributed by atoms with Crippen molar-refractivity contribution in [1.82, 2.24) is 16.0 Å². The van der Waals surface area contributed by atoms with Crippen LogP contribution in [0.1, 0.15) is 10.4 Å². The zero-order chi connectivity index (χ0) is 22.4. The molecule has 164 valence electrons. The van der Waals surface area contributed by atoms with Gasteiger partial charge in [0.25, 0.3) is 5.91 Å². The summed E-state index contributed by atoms with van der Waals surface area (Å²) in [6.07, 6.45) is -0.927. The molecule has 1 aliphatic heterocycles. The van der Waals surface area contributed by atoms with Crippen LogP contribution in [0.3, 0.4) is 0 Å². The molecule has 1 heterocycles. The van der Waals surface area contributed by atoms with E-state index in [1.807, 2.05) is 0 Å². The number of methoxy groups -OCH3 is 1. The number of ether oxygens (including phenoxy) is 1. The molecule has 3 unspecified atom stereocenters. The van der Waals surface area contributed by atoms with Crippen molar-refractivity contribution in [1.29, 1.82) is 0 Å². The third-order valence-corrected chi connectivity index (χ3v) is 5.41. The first-order valence-electron chi connectivity index (χ1n) is 9.30. The van der Waals surface area contributed by atoms with Crippen LogP contribution in [0.5, 0.6) is 5.75 Å². The monoisotopic (exact) mass is 447 g/mol. The molecule has 3 atom stereocenters. The summed E-state index contributed by atoms with van der Waals surface area (Å²) >= 11 is 1.12. The van der Waals surface area contributed by atoms with Crippen LogP contribution in [0, 0.1) is 5.82 Å². The highest BCUT2D eigenvalue weighted by molar-refractivity contribution is 8.00. The highest BCUT2D eigenvalue weighted by atomic mass is 32.2. The number of halogens is 1. The molecule has 1 aliphatic rings. The number of nitrogens with one attached hydrogen (secondary N) is 4. The van der Waals surface area contributed by atoms with Gasteiger partial charge in [0.05, 0.1) is 24.6 Å². The minimum absolute atomic E-state index is 0.0358. The van der Waals surface area contributed by atoms with Gasteiger partial charge >= 0.3 is 0 Å². The van der Waals surface area contributed by atoms with Gasteiger partial charge < -0.3 is 26.4 Å². The molecule has 0 saturated carbocycles. The van der Waals surface area contributed by atoms with Crippen LogP contribution in [-0.2, 0) is 9.59 Å². The van der Waals surface area contributed by atoms with Crippen LogP contribution in [0.2, 0.25) is 0 Å². The second-order valence-corrected chi connectivity index (χ2v) is 7.70. The van der Waals surface area contributed by atoms with E-state index in [4.69, 9.17) is 10.5 Å². The SMILES string of the molecule is COc1cccc(NC(=O)CSC2NC(=O)C(NC(=O)c3ccccc3F)C(N)N2)c1. The van der Waals surface area contributed by atoms with Gasteiger partial charge in [0.2, 0.25) is 11.8 Å². The number of carbonyl (C=O) groups is 3. The van der Waals surface area contributed by atoms with Gasteiger partial charge in [-0.15, -0.1) is 11.8 Å². The third kappa shape index (κ3) is 5.94. The van der Waals surface area contributed by atoms with Crippen molar-refractivity contribution in [2.45, 2.75) is 17.7 Å². The van der Waals surface area contributed by atoms with E-state index < -0.39 is 35.3 Å². The lowest BCUT2D eigenvalue weighted by Gasteiger charge is -2.35. The van der Waals surface area contributed by atoms with Crippen molar-refractivity contribution in [2.24, 2.45) is 5.73 Å². The fraction of sp³-hybridized carbons (Fsp3) is 0.250. The Hall–Kier alpha value is -3.15. The lowest BCUT2D eigenvalue weighted by Crippen LogP contribution is -2.70.